The molecule has 0 saturated heterocycles. The fourth-order valence-electron chi connectivity index (χ4n) is 3.24. The summed E-state index contributed by atoms with van der Waals surface area (Å²) < 4.78 is 11.7. The van der Waals surface area contributed by atoms with Crippen molar-refractivity contribution < 1.29 is 13.9 Å². The highest BCUT2D eigenvalue weighted by molar-refractivity contribution is 6.33. The Morgan fingerprint density at radius 3 is 2.48 bits per heavy atom. The highest BCUT2D eigenvalue weighted by Gasteiger charge is 2.21. The first-order chi connectivity index (χ1) is 14.8. The molecule has 0 aliphatic rings. The van der Waals surface area contributed by atoms with Gasteiger partial charge in [0.15, 0.2) is 18.2 Å². The number of fused-ring (bicyclic) bond motifs is 1. The topological polar surface area (TPSA) is 56.5 Å². The van der Waals surface area contributed by atoms with Gasteiger partial charge in [0, 0.05) is 16.1 Å². The van der Waals surface area contributed by atoms with Crippen LogP contribution in [-0.2, 0) is 0 Å². The predicted molar refractivity (Wildman–Crippen MR) is 124 cm³/mol. The molecular weight excluding hydrogens is 435 g/mol. The SMILES string of the molecule is Cc1ccc(C(=O)COc2c(-c3ccccc3Cl)oc3ccc(Cl)cc3c2=O)cc1C. The lowest BCUT2D eigenvalue weighted by molar-refractivity contribution is 0.0920. The molecule has 31 heavy (non-hydrogen) atoms. The van der Waals surface area contributed by atoms with E-state index in [1.54, 1.807) is 48.5 Å². The summed E-state index contributed by atoms with van der Waals surface area (Å²) in [5.41, 5.74) is 3.01. The van der Waals surface area contributed by atoms with Gasteiger partial charge in [-0.25, -0.2) is 0 Å². The molecule has 0 saturated carbocycles. The number of Topliss-reactive ketones (excluding diaryl/α,β-unsaturated/α-hetero) is 1. The summed E-state index contributed by atoms with van der Waals surface area (Å²) in [7, 11) is 0. The van der Waals surface area contributed by atoms with Crippen LogP contribution in [0, 0.1) is 13.8 Å². The van der Waals surface area contributed by atoms with Crippen molar-refractivity contribution in [1.82, 2.24) is 0 Å². The maximum absolute atomic E-state index is 13.2. The van der Waals surface area contributed by atoms with Crippen molar-refractivity contribution in [2.75, 3.05) is 6.61 Å². The van der Waals surface area contributed by atoms with Crippen LogP contribution in [0.1, 0.15) is 21.5 Å². The number of hydrogen-bond acceptors (Lipinski definition) is 4. The third-order valence-electron chi connectivity index (χ3n) is 5.11. The van der Waals surface area contributed by atoms with E-state index in [0.29, 0.717) is 26.8 Å². The molecule has 1 heterocycles. The molecule has 6 heteroatoms. The van der Waals surface area contributed by atoms with Crippen LogP contribution in [0.25, 0.3) is 22.3 Å². The standard InChI is InChI=1S/C25H18Cl2O4/c1-14-7-8-16(11-15(14)2)21(28)13-30-25-23(29)19-12-17(26)9-10-22(19)31-24(25)18-5-3-4-6-20(18)27/h3-12H,13H2,1-2H3. The summed E-state index contributed by atoms with van der Waals surface area (Å²) in [6.45, 7) is 3.59. The van der Waals surface area contributed by atoms with Crippen molar-refractivity contribution in [3.63, 3.8) is 0 Å². The van der Waals surface area contributed by atoms with Crippen LogP contribution in [0.2, 0.25) is 10.0 Å². The number of carbonyl (C=O) groups excluding carboxylic acids is 1. The Bertz CT molecular complexity index is 1370. The van der Waals surface area contributed by atoms with E-state index in [0.717, 1.165) is 11.1 Å². The fourth-order valence-corrected chi connectivity index (χ4v) is 3.63. The molecule has 0 atom stereocenters. The summed E-state index contributed by atoms with van der Waals surface area (Å²) in [6, 6.07) is 17.1. The van der Waals surface area contributed by atoms with Gasteiger partial charge in [0.05, 0.1) is 10.4 Å². The summed E-state index contributed by atoms with van der Waals surface area (Å²) in [5, 5.41) is 1.05. The van der Waals surface area contributed by atoms with Crippen molar-refractivity contribution >= 4 is 40.0 Å². The van der Waals surface area contributed by atoms with Crippen molar-refractivity contribution in [3.8, 4) is 17.1 Å². The molecule has 3 aromatic carbocycles. The average molecular weight is 453 g/mol. The monoisotopic (exact) mass is 452 g/mol. The quantitative estimate of drug-likeness (QED) is 0.318. The van der Waals surface area contributed by atoms with E-state index < -0.39 is 5.43 Å². The maximum Gasteiger partial charge on any atom is 0.235 e. The number of ether oxygens (including phenoxy) is 1. The molecule has 4 nitrogen and oxygen atoms in total. The third kappa shape index (κ3) is 4.22. The van der Waals surface area contributed by atoms with Gasteiger partial charge in [-0.1, -0.05) is 47.5 Å². The largest absolute Gasteiger partial charge is 0.478 e. The highest BCUT2D eigenvalue weighted by atomic mass is 35.5. The lowest BCUT2D eigenvalue weighted by Crippen LogP contribution is -2.17. The van der Waals surface area contributed by atoms with Crippen LogP contribution >= 0.6 is 23.2 Å². The zero-order chi connectivity index (χ0) is 22.1. The average Bonchev–Trinajstić information content (AvgIpc) is 2.75. The van der Waals surface area contributed by atoms with E-state index in [-0.39, 0.29) is 29.3 Å². The van der Waals surface area contributed by atoms with Crippen molar-refractivity contribution in [2.24, 2.45) is 0 Å². The molecule has 0 spiro atoms. The molecule has 4 aromatic rings. The lowest BCUT2D eigenvalue weighted by atomic mass is 10.0. The molecule has 0 radical (unpaired) electrons. The van der Waals surface area contributed by atoms with E-state index >= 15 is 0 Å². The summed E-state index contributed by atoms with van der Waals surface area (Å²) >= 11 is 12.4. The number of halogens is 2. The van der Waals surface area contributed by atoms with Gasteiger partial charge in [-0.15, -0.1) is 0 Å². The summed E-state index contributed by atoms with van der Waals surface area (Å²) in [6.07, 6.45) is 0. The predicted octanol–water partition coefficient (Wildman–Crippen LogP) is 6.65. The van der Waals surface area contributed by atoms with Gasteiger partial charge in [-0.3, -0.25) is 9.59 Å². The Kier molecular flexibility index (Phi) is 5.86. The second kappa shape index (κ2) is 8.58. The molecule has 156 valence electrons. The minimum Gasteiger partial charge on any atom is -0.478 e. The van der Waals surface area contributed by atoms with Crippen LogP contribution in [0.5, 0.6) is 5.75 Å². The van der Waals surface area contributed by atoms with Crippen molar-refractivity contribution in [1.29, 1.82) is 0 Å². The van der Waals surface area contributed by atoms with Crippen LogP contribution in [0.4, 0.5) is 0 Å². The molecule has 0 unspecified atom stereocenters. The van der Waals surface area contributed by atoms with E-state index in [2.05, 4.69) is 0 Å². The van der Waals surface area contributed by atoms with Gasteiger partial charge in [0.2, 0.25) is 11.2 Å². The number of hydrogen-bond donors (Lipinski definition) is 0. The molecule has 0 fully saturated rings. The number of carbonyl (C=O) groups is 1. The number of benzene rings is 3. The van der Waals surface area contributed by atoms with Crippen molar-refractivity contribution in [2.45, 2.75) is 13.8 Å². The number of ketones is 1. The second-order valence-electron chi connectivity index (χ2n) is 7.22. The Balaban J connectivity index is 1.79. The minimum atomic E-state index is -0.424. The molecular formula is C25H18Cl2O4. The molecule has 1 aromatic heterocycles. The van der Waals surface area contributed by atoms with Gasteiger partial charge in [-0.05, 0) is 61.4 Å². The van der Waals surface area contributed by atoms with Crippen LogP contribution in [0.15, 0.2) is 69.9 Å². The molecule has 0 aliphatic carbocycles. The normalized spacial score (nSPS) is 11.0. The van der Waals surface area contributed by atoms with Crippen LogP contribution < -0.4 is 10.2 Å². The molecule has 0 N–H and O–H groups in total. The van der Waals surface area contributed by atoms with Gasteiger partial charge < -0.3 is 9.15 Å². The molecule has 0 bridgehead atoms. The molecule has 0 amide bonds. The lowest BCUT2D eigenvalue weighted by Gasteiger charge is -2.13. The Labute approximate surface area is 189 Å². The number of aryl methyl sites for hydroxylation is 2. The summed E-state index contributed by atoms with van der Waals surface area (Å²) in [5.74, 6) is -0.169. The second-order valence-corrected chi connectivity index (χ2v) is 8.06. The van der Waals surface area contributed by atoms with Crippen molar-refractivity contribution in [3.05, 3.63) is 97.6 Å². The van der Waals surface area contributed by atoms with E-state index in [1.165, 1.54) is 6.07 Å². The first-order valence-corrected chi connectivity index (χ1v) is 10.4. The molecule has 0 aliphatic heterocycles. The zero-order valence-electron chi connectivity index (χ0n) is 16.9. The van der Waals surface area contributed by atoms with Crippen LogP contribution in [-0.4, -0.2) is 12.4 Å². The minimum absolute atomic E-state index is 0.0833. The van der Waals surface area contributed by atoms with E-state index in [1.807, 2.05) is 19.9 Å². The smallest absolute Gasteiger partial charge is 0.235 e. The Morgan fingerprint density at radius 1 is 0.968 bits per heavy atom. The van der Waals surface area contributed by atoms with Gasteiger partial charge in [0.1, 0.15) is 5.58 Å². The summed E-state index contributed by atoms with van der Waals surface area (Å²) in [4.78, 5) is 26.0. The zero-order valence-corrected chi connectivity index (χ0v) is 18.4. The van der Waals surface area contributed by atoms with Gasteiger partial charge in [-0.2, -0.15) is 0 Å². The van der Waals surface area contributed by atoms with E-state index in [4.69, 9.17) is 32.4 Å². The van der Waals surface area contributed by atoms with E-state index in [9.17, 15) is 9.59 Å². The van der Waals surface area contributed by atoms with Gasteiger partial charge in [0.25, 0.3) is 0 Å². The molecule has 4 rings (SSSR count). The number of rotatable bonds is 5. The fraction of sp³-hybridized carbons (Fsp3) is 0.120. The Hall–Kier alpha value is -3.08. The van der Waals surface area contributed by atoms with Gasteiger partial charge >= 0.3 is 0 Å². The Morgan fingerprint density at radius 2 is 1.74 bits per heavy atom. The maximum atomic E-state index is 13.2. The van der Waals surface area contributed by atoms with Crippen LogP contribution in [0.3, 0.4) is 0 Å². The first kappa shape index (κ1) is 21.2. The third-order valence-corrected chi connectivity index (χ3v) is 5.67. The highest BCUT2D eigenvalue weighted by Crippen LogP contribution is 2.35. The first-order valence-electron chi connectivity index (χ1n) is 9.59.